The van der Waals surface area contributed by atoms with Crippen LogP contribution in [-0.4, -0.2) is 0 Å². The molecule has 0 saturated carbocycles. The molecule has 126 valence electrons. The van der Waals surface area contributed by atoms with Crippen LogP contribution in [0.1, 0.15) is 38.9 Å². The Balaban J connectivity index is 1.82. The van der Waals surface area contributed by atoms with Crippen LogP contribution in [0.3, 0.4) is 0 Å². The fraction of sp³-hybridized carbons (Fsp3) is 0.120. The lowest BCUT2D eigenvalue weighted by molar-refractivity contribution is 0.624. The number of rotatable bonds is 0. The molecule has 0 atom stereocenters. The van der Waals surface area contributed by atoms with Gasteiger partial charge >= 0.3 is 0 Å². The molecular weight excluding hydrogens is 319 g/mol. The SMILES string of the molecule is Cc1ccc(C#Cc2ccc(C#Cc3ccc(C)cc3C)c(F)c2)cc1. The molecule has 0 heterocycles. The molecular formula is C25H19F. The highest BCUT2D eigenvalue weighted by atomic mass is 19.1. The lowest BCUT2D eigenvalue weighted by Crippen LogP contribution is -1.87. The van der Waals surface area contributed by atoms with Gasteiger partial charge in [-0.15, -0.1) is 0 Å². The summed E-state index contributed by atoms with van der Waals surface area (Å²) >= 11 is 0. The van der Waals surface area contributed by atoms with Gasteiger partial charge in [0.05, 0.1) is 5.56 Å². The lowest BCUT2D eigenvalue weighted by atomic mass is 10.1. The van der Waals surface area contributed by atoms with Gasteiger partial charge in [0.15, 0.2) is 0 Å². The predicted octanol–water partition coefficient (Wildman–Crippen LogP) is 5.55. The van der Waals surface area contributed by atoms with Gasteiger partial charge in [-0.05, 0) is 62.7 Å². The van der Waals surface area contributed by atoms with E-state index < -0.39 is 0 Å². The summed E-state index contributed by atoms with van der Waals surface area (Å²) in [6.45, 7) is 6.09. The van der Waals surface area contributed by atoms with Crippen LogP contribution >= 0.6 is 0 Å². The van der Waals surface area contributed by atoms with Crippen molar-refractivity contribution in [3.63, 3.8) is 0 Å². The molecule has 3 aromatic carbocycles. The monoisotopic (exact) mass is 338 g/mol. The summed E-state index contributed by atoms with van der Waals surface area (Å²) in [4.78, 5) is 0. The Bertz CT molecular complexity index is 1070. The molecule has 3 aromatic rings. The molecule has 0 aliphatic rings. The zero-order valence-corrected chi connectivity index (χ0v) is 15.2. The van der Waals surface area contributed by atoms with Crippen molar-refractivity contribution in [2.75, 3.05) is 0 Å². The van der Waals surface area contributed by atoms with Gasteiger partial charge in [0.1, 0.15) is 5.82 Å². The summed E-state index contributed by atoms with van der Waals surface area (Å²) in [5.41, 5.74) is 6.32. The third-order valence-electron chi connectivity index (χ3n) is 4.09. The van der Waals surface area contributed by atoms with Gasteiger partial charge in [0, 0.05) is 16.7 Å². The van der Waals surface area contributed by atoms with Crippen molar-refractivity contribution in [1.82, 2.24) is 0 Å². The minimum absolute atomic E-state index is 0.349. The van der Waals surface area contributed by atoms with Gasteiger partial charge in [0.2, 0.25) is 0 Å². The lowest BCUT2D eigenvalue weighted by Gasteiger charge is -1.99. The zero-order chi connectivity index (χ0) is 18.5. The number of aryl methyl sites for hydroxylation is 3. The molecule has 26 heavy (non-hydrogen) atoms. The molecule has 0 unspecified atom stereocenters. The van der Waals surface area contributed by atoms with Crippen molar-refractivity contribution in [3.05, 3.63) is 105 Å². The molecule has 0 N–H and O–H groups in total. The van der Waals surface area contributed by atoms with E-state index in [-0.39, 0.29) is 5.82 Å². The van der Waals surface area contributed by atoms with E-state index in [1.54, 1.807) is 12.1 Å². The van der Waals surface area contributed by atoms with E-state index in [0.717, 1.165) is 16.7 Å². The first-order valence-corrected chi connectivity index (χ1v) is 8.49. The maximum atomic E-state index is 14.3. The summed E-state index contributed by atoms with van der Waals surface area (Å²) in [6, 6.07) is 18.9. The van der Waals surface area contributed by atoms with E-state index in [0.29, 0.717) is 11.1 Å². The van der Waals surface area contributed by atoms with E-state index in [1.165, 1.54) is 17.2 Å². The Kier molecular flexibility index (Phi) is 5.21. The van der Waals surface area contributed by atoms with Crippen molar-refractivity contribution in [3.8, 4) is 23.7 Å². The van der Waals surface area contributed by atoms with Crippen LogP contribution in [-0.2, 0) is 0 Å². The number of hydrogen-bond donors (Lipinski definition) is 0. The fourth-order valence-corrected chi connectivity index (χ4v) is 2.56. The van der Waals surface area contributed by atoms with Gasteiger partial charge in [-0.2, -0.15) is 0 Å². The average molecular weight is 338 g/mol. The predicted molar refractivity (Wildman–Crippen MR) is 105 cm³/mol. The van der Waals surface area contributed by atoms with Gasteiger partial charge in [-0.3, -0.25) is 0 Å². The normalized spacial score (nSPS) is 9.69. The Morgan fingerprint density at radius 3 is 1.85 bits per heavy atom. The highest BCUT2D eigenvalue weighted by molar-refractivity contribution is 5.50. The molecule has 0 aliphatic carbocycles. The summed E-state index contributed by atoms with van der Waals surface area (Å²) in [5.74, 6) is 11.7. The molecule has 0 fully saturated rings. The van der Waals surface area contributed by atoms with Gasteiger partial charge in [-0.1, -0.05) is 59.1 Å². The van der Waals surface area contributed by atoms with Crippen molar-refractivity contribution < 1.29 is 4.39 Å². The van der Waals surface area contributed by atoms with E-state index in [1.807, 2.05) is 57.2 Å². The van der Waals surface area contributed by atoms with Crippen LogP contribution in [0.5, 0.6) is 0 Å². The Hall–Kier alpha value is -3.29. The van der Waals surface area contributed by atoms with Crippen LogP contribution < -0.4 is 0 Å². The highest BCUT2D eigenvalue weighted by Crippen LogP contribution is 2.12. The largest absolute Gasteiger partial charge is 0.206 e. The Morgan fingerprint density at radius 2 is 1.15 bits per heavy atom. The Labute approximate surface area is 154 Å². The second-order valence-corrected chi connectivity index (χ2v) is 6.38. The van der Waals surface area contributed by atoms with Gasteiger partial charge in [-0.25, -0.2) is 4.39 Å². The van der Waals surface area contributed by atoms with E-state index in [2.05, 4.69) is 29.7 Å². The Morgan fingerprint density at radius 1 is 0.577 bits per heavy atom. The molecule has 0 radical (unpaired) electrons. The van der Waals surface area contributed by atoms with Crippen molar-refractivity contribution in [1.29, 1.82) is 0 Å². The maximum Gasteiger partial charge on any atom is 0.140 e. The quantitative estimate of drug-likeness (QED) is 0.471. The fourth-order valence-electron chi connectivity index (χ4n) is 2.56. The number of hydrogen-bond acceptors (Lipinski definition) is 0. The van der Waals surface area contributed by atoms with Crippen LogP contribution in [0, 0.1) is 50.3 Å². The van der Waals surface area contributed by atoms with Crippen LogP contribution in [0.25, 0.3) is 0 Å². The van der Waals surface area contributed by atoms with Gasteiger partial charge < -0.3 is 0 Å². The minimum Gasteiger partial charge on any atom is -0.206 e. The molecule has 0 aromatic heterocycles. The van der Waals surface area contributed by atoms with Crippen LogP contribution in [0.2, 0.25) is 0 Å². The van der Waals surface area contributed by atoms with Crippen LogP contribution in [0.15, 0.2) is 60.7 Å². The van der Waals surface area contributed by atoms with Crippen molar-refractivity contribution in [2.45, 2.75) is 20.8 Å². The maximum absolute atomic E-state index is 14.3. The molecule has 0 bridgehead atoms. The third kappa shape index (κ3) is 4.41. The van der Waals surface area contributed by atoms with Crippen molar-refractivity contribution in [2.24, 2.45) is 0 Å². The minimum atomic E-state index is -0.349. The van der Waals surface area contributed by atoms with E-state index >= 15 is 0 Å². The average Bonchev–Trinajstić information content (AvgIpc) is 2.62. The standard InChI is InChI=1S/C25H19F/c1-18-4-7-21(8-5-18)9-10-22-11-13-24(25(26)17-22)15-14-23-12-6-19(2)16-20(23)3/h4-8,11-13,16-17H,1-3H3. The van der Waals surface area contributed by atoms with E-state index in [4.69, 9.17) is 0 Å². The molecule has 1 heteroatoms. The summed E-state index contributed by atoms with van der Waals surface area (Å²) in [6.07, 6.45) is 0. The summed E-state index contributed by atoms with van der Waals surface area (Å²) in [5, 5.41) is 0. The van der Waals surface area contributed by atoms with Crippen LogP contribution in [0.4, 0.5) is 4.39 Å². The molecule has 0 spiro atoms. The van der Waals surface area contributed by atoms with E-state index in [9.17, 15) is 4.39 Å². The molecule has 0 nitrogen and oxygen atoms in total. The molecule has 0 amide bonds. The van der Waals surface area contributed by atoms with Crippen molar-refractivity contribution >= 4 is 0 Å². The molecule has 0 aliphatic heterocycles. The second-order valence-electron chi connectivity index (χ2n) is 6.38. The third-order valence-corrected chi connectivity index (χ3v) is 4.09. The first-order valence-electron chi connectivity index (χ1n) is 8.49. The number of halogens is 1. The highest BCUT2D eigenvalue weighted by Gasteiger charge is 2.00. The topological polar surface area (TPSA) is 0 Å². The second kappa shape index (κ2) is 7.73. The molecule has 0 saturated heterocycles. The first-order chi connectivity index (χ1) is 12.5. The molecule has 3 rings (SSSR count). The first kappa shape index (κ1) is 17.5. The summed E-state index contributed by atoms with van der Waals surface area (Å²) < 4.78 is 14.3. The van der Waals surface area contributed by atoms with Gasteiger partial charge in [0.25, 0.3) is 0 Å². The summed E-state index contributed by atoms with van der Waals surface area (Å²) in [7, 11) is 0. The zero-order valence-electron chi connectivity index (χ0n) is 15.2. The smallest absolute Gasteiger partial charge is 0.140 e. The number of benzene rings is 3.